The zero-order chi connectivity index (χ0) is 41.4. The third kappa shape index (κ3) is 41.4. The summed E-state index contributed by atoms with van der Waals surface area (Å²) in [5.74, 6) is -0.378. The highest BCUT2D eigenvalue weighted by atomic mass is 31.2. The molecule has 1 unspecified atom stereocenters. The lowest BCUT2D eigenvalue weighted by Gasteiger charge is -2.28. The van der Waals surface area contributed by atoms with E-state index in [1.54, 1.807) is 12.3 Å². The molecule has 10 heteroatoms. The Morgan fingerprint density at radius 1 is 0.679 bits per heavy atom. The number of unbranched alkanes of at least 4 members (excludes halogenated alkanes) is 15. The zero-order valence-electron chi connectivity index (χ0n) is 36.2. The number of carbonyl (C=O) groups excluding carboxylic acids is 1. The Bertz CT molecular complexity index is 1140. The van der Waals surface area contributed by atoms with Gasteiger partial charge in [-0.2, -0.15) is 0 Å². The smallest absolute Gasteiger partial charge is 0.305 e. The van der Waals surface area contributed by atoms with Crippen LogP contribution in [-0.4, -0.2) is 75.3 Å². The first kappa shape index (κ1) is 53.7. The molecule has 0 bridgehead atoms. The lowest BCUT2D eigenvalue weighted by atomic mass is 10.1. The second-order valence-corrected chi connectivity index (χ2v) is 17.0. The molecule has 0 spiro atoms. The van der Waals surface area contributed by atoms with Crippen LogP contribution in [-0.2, 0) is 27.9 Å². The number of rotatable bonds is 39. The number of hydrogen-bond donors (Lipinski definition) is 1. The van der Waals surface area contributed by atoms with E-state index in [9.17, 15) is 19.4 Å². The van der Waals surface area contributed by atoms with Crippen LogP contribution in [0.15, 0.2) is 73.1 Å². The molecule has 9 nitrogen and oxygen atoms in total. The Labute approximate surface area is 343 Å². The van der Waals surface area contributed by atoms with Gasteiger partial charge in [0.2, 0.25) is 0 Å². The number of ether oxygens (including phenoxy) is 2. The van der Waals surface area contributed by atoms with E-state index in [0.717, 1.165) is 44.9 Å². The fourth-order valence-corrected chi connectivity index (χ4v) is 6.09. The number of esters is 1. The monoisotopic (exact) mass is 808 g/mol. The molecule has 3 atom stereocenters. The van der Waals surface area contributed by atoms with Gasteiger partial charge in [0.05, 0.1) is 40.1 Å². The van der Waals surface area contributed by atoms with E-state index in [1.165, 1.54) is 77.0 Å². The van der Waals surface area contributed by atoms with Crippen LogP contribution in [0.4, 0.5) is 0 Å². The number of carbonyl (C=O) groups is 1. The molecule has 0 aromatic heterocycles. The summed E-state index contributed by atoms with van der Waals surface area (Å²) in [4.78, 5) is 24.8. The standard InChI is InChI=1S/C46H82NO8P/c1-6-8-10-12-14-15-16-17-18-19-20-21-24-27-31-35-40-52-45(43-55-56(50,51)54-41-39-47(3,4)5)42-53-46(49)38-34-30-26-23-22-25-29-33-37-44(48)36-32-28-13-11-9-7-2/h17-18,23,25-26,28-29,32-33,35,37,40,44-45,48H,6-16,19-22,24,27,30-31,34,36,38-39,41-43H2,1-5H3/b18-17-,26-23-,29-25-,32-28-,37-33+,40-35+/t44-,45-/m1/s1. The van der Waals surface area contributed by atoms with Crippen LogP contribution < -0.4 is 4.89 Å². The summed E-state index contributed by atoms with van der Waals surface area (Å²) in [7, 11) is 1.28. The van der Waals surface area contributed by atoms with Crippen LogP contribution >= 0.6 is 7.82 Å². The molecule has 0 saturated heterocycles. The van der Waals surface area contributed by atoms with Crippen molar-refractivity contribution >= 4 is 13.8 Å². The SMILES string of the molecule is CCCCC/C=C\C[C@@H](O)/C=C/C=C\C/C=C\CCCC(=O)OC[C@H](COP(=O)([O-])OCC[N+](C)(C)C)O/C=C/CCCCCC/C=C\CCCCCCCC. The van der Waals surface area contributed by atoms with Crippen molar-refractivity contribution in [3.63, 3.8) is 0 Å². The van der Waals surface area contributed by atoms with E-state index in [1.807, 2.05) is 63.7 Å². The fraction of sp³-hybridized carbons (Fsp3) is 0.717. The molecule has 0 radical (unpaired) electrons. The Hall–Kier alpha value is -2.26. The van der Waals surface area contributed by atoms with Crippen molar-refractivity contribution in [1.82, 2.24) is 0 Å². The Morgan fingerprint density at radius 2 is 1.23 bits per heavy atom. The van der Waals surface area contributed by atoms with E-state index in [4.69, 9.17) is 18.5 Å². The van der Waals surface area contributed by atoms with Gasteiger partial charge in [-0.15, -0.1) is 0 Å². The number of likely N-dealkylation sites (N-methyl/N-ethyl adjacent to an activating group) is 1. The normalized spacial score (nSPS) is 15.0. The van der Waals surface area contributed by atoms with Gasteiger partial charge in [-0.1, -0.05) is 132 Å². The van der Waals surface area contributed by atoms with Gasteiger partial charge in [0.1, 0.15) is 19.8 Å². The number of phosphoric ester groups is 1. The highest BCUT2D eigenvalue weighted by molar-refractivity contribution is 7.45. The average molecular weight is 808 g/mol. The number of aliphatic hydroxyl groups excluding tert-OH is 1. The molecule has 0 saturated carbocycles. The number of phosphoric acid groups is 1. The molecular weight excluding hydrogens is 725 g/mol. The van der Waals surface area contributed by atoms with Gasteiger partial charge >= 0.3 is 5.97 Å². The van der Waals surface area contributed by atoms with Crippen molar-refractivity contribution in [1.29, 1.82) is 0 Å². The first-order valence-corrected chi connectivity index (χ1v) is 23.3. The quantitative estimate of drug-likeness (QED) is 0.0124. The second-order valence-electron chi connectivity index (χ2n) is 15.6. The minimum Gasteiger partial charge on any atom is -0.756 e. The van der Waals surface area contributed by atoms with Gasteiger partial charge in [0.15, 0.2) is 6.10 Å². The van der Waals surface area contributed by atoms with Crippen LogP contribution in [0.25, 0.3) is 0 Å². The molecule has 0 aliphatic carbocycles. The summed E-state index contributed by atoms with van der Waals surface area (Å²) in [6.07, 6.45) is 46.2. The lowest BCUT2D eigenvalue weighted by Crippen LogP contribution is -2.37. The maximum atomic E-state index is 12.5. The number of quaternary nitrogens is 1. The summed E-state index contributed by atoms with van der Waals surface area (Å²) >= 11 is 0. The number of allylic oxidation sites excluding steroid dienone is 9. The van der Waals surface area contributed by atoms with Crippen LogP contribution in [0.2, 0.25) is 0 Å². The van der Waals surface area contributed by atoms with E-state index in [2.05, 4.69) is 32.1 Å². The molecule has 1 N–H and O–H groups in total. The molecule has 0 aliphatic heterocycles. The van der Waals surface area contributed by atoms with Crippen LogP contribution in [0.5, 0.6) is 0 Å². The van der Waals surface area contributed by atoms with E-state index in [-0.39, 0.29) is 32.2 Å². The van der Waals surface area contributed by atoms with Crippen LogP contribution in [0.1, 0.15) is 155 Å². The summed E-state index contributed by atoms with van der Waals surface area (Å²) in [5.41, 5.74) is 0. The highest BCUT2D eigenvalue weighted by Gasteiger charge is 2.19. The minimum absolute atomic E-state index is 0.00342. The van der Waals surface area contributed by atoms with Crippen LogP contribution in [0, 0.1) is 0 Å². The molecule has 0 rings (SSSR count). The highest BCUT2D eigenvalue weighted by Crippen LogP contribution is 2.38. The predicted molar refractivity (Wildman–Crippen MR) is 232 cm³/mol. The van der Waals surface area contributed by atoms with Gasteiger partial charge in [0, 0.05) is 6.42 Å². The van der Waals surface area contributed by atoms with Crippen molar-refractivity contribution in [2.45, 2.75) is 167 Å². The second kappa shape index (κ2) is 38.3. The van der Waals surface area contributed by atoms with Gasteiger partial charge < -0.3 is 33.0 Å². The molecule has 0 aromatic carbocycles. The van der Waals surface area contributed by atoms with E-state index < -0.39 is 20.0 Å². The maximum absolute atomic E-state index is 12.5. The first-order valence-electron chi connectivity index (χ1n) is 21.8. The van der Waals surface area contributed by atoms with Gasteiger partial charge in [-0.25, -0.2) is 0 Å². The number of hydrogen-bond acceptors (Lipinski definition) is 8. The molecule has 324 valence electrons. The van der Waals surface area contributed by atoms with Gasteiger partial charge in [-0.05, 0) is 83.1 Å². The molecule has 0 fully saturated rings. The van der Waals surface area contributed by atoms with Crippen molar-refractivity contribution in [2.75, 3.05) is 47.5 Å². The average Bonchev–Trinajstić information content (AvgIpc) is 3.15. The number of nitrogens with zero attached hydrogens (tertiary/aromatic N) is 1. The molecule has 0 aliphatic rings. The van der Waals surface area contributed by atoms with Crippen LogP contribution in [0.3, 0.4) is 0 Å². The van der Waals surface area contributed by atoms with Crippen molar-refractivity contribution in [3.05, 3.63) is 73.1 Å². The summed E-state index contributed by atoms with van der Waals surface area (Å²) in [5, 5.41) is 10.0. The first-order chi connectivity index (χ1) is 27.0. The largest absolute Gasteiger partial charge is 0.756 e. The maximum Gasteiger partial charge on any atom is 0.305 e. The third-order valence-electron chi connectivity index (χ3n) is 8.90. The Balaban J connectivity index is 4.48. The molecule has 0 amide bonds. The Morgan fingerprint density at radius 3 is 1.89 bits per heavy atom. The predicted octanol–water partition coefficient (Wildman–Crippen LogP) is 11.4. The molecule has 0 aromatic rings. The zero-order valence-corrected chi connectivity index (χ0v) is 37.1. The summed E-state index contributed by atoms with van der Waals surface area (Å²) < 4.78 is 34.2. The third-order valence-corrected chi connectivity index (χ3v) is 9.86. The topological polar surface area (TPSA) is 114 Å². The van der Waals surface area contributed by atoms with Gasteiger partial charge in [0.25, 0.3) is 7.82 Å². The van der Waals surface area contributed by atoms with Crippen molar-refractivity contribution in [2.24, 2.45) is 0 Å². The van der Waals surface area contributed by atoms with Crippen molar-refractivity contribution < 1.29 is 42.4 Å². The van der Waals surface area contributed by atoms with E-state index >= 15 is 0 Å². The Kier molecular flexibility index (Phi) is 36.7. The fourth-order valence-electron chi connectivity index (χ4n) is 5.36. The van der Waals surface area contributed by atoms with Crippen molar-refractivity contribution in [3.8, 4) is 0 Å². The summed E-state index contributed by atoms with van der Waals surface area (Å²) in [6, 6.07) is 0. The molecule has 56 heavy (non-hydrogen) atoms. The molecule has 0 heterocycles. The summed E-state index contributed by atoms with van der Waals surface area (Å²) in [6.45, 7) is 4.49. The minimum atomic E-state index is -4.55. The molecular formula is C46H82NO8P. The number of aliphatic hydroxyl groups is 1. The van der Waals surface area contributed by atoms with Gasteiger partial charge in [-0.3, -0.25) is 9.36 Å². The lowest BCUT2D eigenvalue weighted by molar-refractivity contribution is -0.870. The van der Waals surface area contributed by atoms with E-state index in [0.29, 0.717) is 23.9 Å².